The number of rotatable bonds is 4. The van der Waals surface area contributed by atoms with Crippen LogP contribution in [0.15, 0.2) is 48.7 Å². The third-order valence-electron chi connectivity index (χ3n) is 4.19. The van der Waals surface area contributed by atoms with Crippen molar-refractivity contribution in [3.63, 3.8) is 0 Å². The van der Waals surface area contributed by atoms with Gasteiger partial charge in [0, 0.05) is 38.4 Å². The third-order valence-corrected chi connectivity index (χ3v) is 4.19. The Hall–Kier alpha value is -2.07. The van der Waals surface area contributed by atoms with Gasteiger partial charge in [0.15, 0.2) is 0 Å². The Morgan fingerprint density at radius 3 is 2.82 bits per heavy atom. The van der Waals surface area contributed by atoms with E-state index in [0.717, 1.165) is 38.3 Å². The molecule has 1 atom stereocenters. The molecule has 4 heteroatoms. The van der Waals surface area contributed by atoms with Gasteiger partial charge in [0.05, 0.1) is 0 Å². The fourth-order valence-corrected chi connectivity index (χ4v) is 2.98. The summed E-state index contributed by atoms with van der Waals surface area (Å²) in [5.74, 6) is 0.145. The van der Waals surface area contributed by atoms with Crippen LogP contribution in [-0.2, 0) is 13.0 Å². The van der Waals surface area contributed by atoms with Gasteiger partial charge in [-0.1, -0.05) is 30.3 Å². The van der Waals surface area contributed by atoms with Crippen LogP contribution in [0.4, 0.5) is 0 Å². The summed E-state index contributed by atoms with van der Waals surface area (Å²) in [4.78, 5) is 14.7. The molecule has 2 aromatic rings. The molecule has 116 valence electrons. The molecule has 2 heterocycles. The van der Waals surface area contributed by atoms with Gasteiger partial charge in [-0.25, -0.2) is 0 Å². The Labute approximate surface area is 131 Å². The van der Waals surface area contributed by atoms with Gasteiger partial charge in [-0.05, 0) is 31.0 Å². The number of piperazine rings is 1. The number of nitrogens with zero attached hydrogens (tertiary/aromatic N) is 2. The number of hydrogen-bond donors (Lipinski definition) is 1. The molecular formula is C18H23N3O. The van der Waals surface area contributed by atoms with Crippen molar-refractivity contribution in [2.45, 2.75) is 25.9 Å². The monoisotopic (exact) mass is 297 g/mol. The van der Waals surface area contributed by atoms with Crippen LogP contribution >= 0.6 is 0 Å². The molecule has 1 aliphatic heterocycles. The highest BCUT2D eigenvalue weighted by Crippen LogP contribution is 2.11. The van der Waals surface area contributed by atoms with Crippen LogP contribution in [0.5, 0.6) is 0 Å². The first-order valence-electron chi connectivity index (χ1n) is 7.96. The van der Waals surface area contributed by atoms with E-state index in [0.29, 0.717) is 6.04 Å². The number of benzene rings is 1. The van der Waals surface area contributed by atoms with Crippen LogP contribution in [-0.4, -0.2) is 41.1 Å². The number of carbonyl (C=O) groups is 1. The highest BCUT2D eigenvalue weighted by Gasteiger charge is 2.23. The van der Waals surface area contributed by atoms with Gasteiger partial charge in [0.1, 0.15) is 5.69 Å². The molecule has 0 spiro atoms. The first kappa shape index (κ1) is 14.9. The van der Waals surface area contributed by atoms with Crippen LogP contribution in [0.1, 0.15) is 23.0 Å². The smallest absolute Gasteiger partial charge is 0.270 e. The van der Waals surface area contributed by atoms with Crippen LogP contribution in [0.2, 0.25) is 0 Å². The van der Waals surface area contributed by atoms with Crippen molar-refractivity contribution in [3.8, 4) is 0 Å². The molecule has 0 bridgehead atoms. The van der Waals surface area contributed by atoms with Crippen molar-refractivity contribution in [3.05, 3.63) is 59.9 Å². The Morgan fingerprint density at radius 1 is 1.23 bits per heavy atom. The lowest BCUT2D eigenvalue weighted by Crippen LogP contribution is -2.51. The summed E-state index contributed by atoms with van der Waals surface area (Å²) < 4.78 is 2.07. The molecule has 1 N–H and O–H groups in total. The summed E-state index contributed by atoms with van der Waals surface area (Å²) >= 11 is 0. The summed E-state index contributed by atoms with van der Waals surface area (Å²) in [7, 11) is 0. The van der Waals surface area contributed by atoms with Crippen molar-refractivity contribution >= 4 is 5.91 Å². The van der Waals surface area contributed by atoms with E-state index in [9.17, 15) is 4.79 Å². The predicted octanol–water partition coefficient (Wildman–Crippen LogP) is 2.16. The fraction of sp³-hybridized carbons (Fsp3) is 0.389. The number of carbonyl (C=O) groups excluding carboxylic acids is 1. The van der Waals surface area contributed by atoms with Crippen molar-refractivity contribution in [1.29, 1.82) is 0 Å². The Balaban J connectivity index is 1.67. The van der Waals surface area contributed by atoms with Gasteiger partial charge in [-0.2, -0.15) is 0 Å². The average Bonchev–Trinajstić information content (AvgIpc) is 3.01. The molecule has 1 aliphatic rings. The van der Waals surface area contributed by atoms with Crippen molar-refractivity contribution in [2.75, 3.05) is 19.6 Å². The molecule has 1 aromatic heterocycles. The van der Waals surface area contributed by atoms with Crippen LogP contribution in [0, 0.1) is 0 Å². The number of aryl methyl sites for hydroxylation is 2. The van der Waals surface area contributed by atoms with Crippen LogP contribution in [0.25, 0.3) is 0 Å². The maximum atomic E-state index is 12.7. The summed E-state index contributed by atoms with van der Waals surface area (Å²) in [6, 6.07) is 14.7. The van der Waals surface area contributed by atoms with Gasteiger partial charge in [-0.15, -0.1) is 0 Å². The maximum Gasteiger partial charge on any atom is 0.270 e. The third kappa shape index (κ3) is 3.39. The first-order chi connectivity index (χ1) is 10.7. The zero-order chi connectivity index (χ0) is 15.4. The van der Waals surface area contributed by atoms with Gasteiger partial charge in [0.25, 0.3) is 5.91 Å². The van der Waals surface area contributed by atoms with E-state index in [2.05, 4.69) is 41.1 Å². The topological polar surface area (TPSA) is 37.3 Å². The molecule has 1 fully saturated rings. The first-order valence-corrected chi connectivity index (χ1v) is 7.96. The standard InChI is InChI=1S/C18H23N3O/c1-15-14-21(13-10-19-15)18(22)17-8-5-11-20(17)12-9-16-6-3-2-4-7-16/h2-8,11,15,19H,9-10,12-14H2,1H3/t15-/m0/s1. The predicted molar refractivity (Wildman–Crippen MR) is 87.9 cm³/mol. The van der Waals surface area contributed by atoms with E-state index in [1.54, 1.807) is 0 Å². The van der Waals surface area contributed by atoms with Crippen molar-refractivity contribution in [1.82, 2.24) is 14.8 Å². The van der Waals surface area contributed by atoms with E-state index in [1.807, 2.05) is 29.3 Å². The minimum atomic E-state index is 0.145. The molecule has 0 unspecified atom stereocenters. The summed E-state index contributed by atoms with van der Waals surface area (Å²) in [6.07, 6.45) is 2.94. The largest absolute Gasteiger partial charge is 0.343 e. The second kappa shape index (κ2) is 6.79. The van der Waals surface area contributed by atoms with Gasteiger partial charge < -0.3 is 14.8 Å². The zero-order valence-corrected chi connectivity index (χ0v) is 13.0. The average molecular weight is 297 g/mol. The molecule has 0 radical (unpaired) electrons. The minimum absolute atomic E-state index is 0.145. The van der Waals surface area contributed by atoms with Gasteiger partial charge in [0.2, 0.25) is 0 Å². The lowest BCUT2D eigenvalue weighted by atomic mass is 10.1. The zero-order valence-electron chi connectivity index (χ0n) is 13.0. The molecule has 1 aromatic carbocycles. The molecule has 0 aliphatic carbocycles. The van der Waals surface area contributed by atoms with Crippen LogP contribution < -0.4 is 5.32 Å². The van der Waals surface area contributed by atoms with Gasteiger partial charge in [-0.3, -0.25) is 4.79 Å². The summed E-state index contributed by atoms with van der Waals surface area (Å²) in [6.45, 7) is 5.39. The maximum absolute atomic E-state index is 12.7. The van der Waals surface area contributed by atoms with Crippen molar-refractivity contribution in [2.24, 2.45) is 0 Å². The Kier molecular flexibility index (Phi) is 4.59. The Bertz CT molecular complexity index is 620. The van der Waals surface area contributed by atoms with E-state index < -0.39 is 0 Å². The fourth-order valence-electron chi connectivity index (χ4n) is 2.98. The lowest BCUT2D eigenvalue weighted by molar-refractivity contribution is 0.0698. The molecule has 0 saturated carbocycles. The number of hydrogen-bond acceptors (Lipinski definition) is 2. The normalized spacial score (nSPS) is 18.4. The number of amides is 1. The quantitative estimate of drug-likeness (QED) is 0.939. The van der Waals surface area contributed by atoms with Crippen molar-refractivity contribution < 1.29 is 4.79 Å². The molecule has 4 nitrogen and oxygen atoms in total. The summed E-state index contributed by atoms with van der Waals surface area (Å²) in [5.41, 5.74) is 2.09. The Morgan fingerprint density at radius 2 is 2.05 bits per heavy atom. The molecule has 22 heavy (non-hydrogen) atoms. The minimum Gasteiger partial charge on any atom is -0.343 e. The molecule has 3 rings (SSSR count). The van der Waals surface area contributed by atoms with E-state index in [1.165, 1.54) is 5.56 Å². The van der Waals surface area contributed by atoms with E-state index >= 15 is 0 Å². The SMILES string of the molecule is C[C@H]1CN(C(=O)c2cccn2CCc2ccccc2)CCN1. The highest BCUT2D eigenvalue weighted by atomic mass is 16.2. The second-order valence-electron chi connectivity index (χ2n) is 5.93. The number of nitrogens with one attached hydrogen (secondary N) is 1. The molecule has 1 amide bonds. The summed E-state index contributed by atoms with van der Waals surface area (Å²) in [5, 5.41) is 3.37. The van der Waals surface area contributed by atoms with Crippen LogP contribution in [0.3, 0.4) is 0 Å². The van der Waals surface area contributed by atoms with E-state index in [4.69, 9.17) is 0 Å². The molecule has 1 saturated heterocycles. The highest BCUT2D eigenvalue weighted by molar-refractivity contribution is 5.92. The van der Waals surface area contributed by atoms with Gasteiger partial charge >= 0.3 is 0 Å². The second-order valence-corrected chi connectivity index (χ2v) is 5.93. The van der Waals surface area contributed by atoms with E-state index in [-0.39, 0.29) is 5.91 Å². The lowest BCUT2D eigenvalue weighted by Gasteiger charge is -2.32. The molecular weight excluding hydrogens is 274 g/mol. The number of aromatic nitrogens is 1.